The molecule has 1 aliphatic heterocycles. The van der Waals surface area contributed by atoms with Crippen molar-refractivity contribution in [2.45, 2.75) is 12.0 Å². The number of hydrogen-bond donors (Lipinski definition) is 2. The number of hydrogen-bond acceptors (Lipinski definition) is 5. The first-order chi connectivity index (χ1) is 11.4. The lowest BCUT2D eigenvalue weighted by Gasteiger charge is -2.22. The topological polar surface area (TPSA) is 114 Å². The van der Waals surface area contributed by atoms with E-state index in [9.17, 15) is 19.5 Å². The molecule has 1 aromatic carbocycles. The van der Waals surface area contributed by atoms with Gasteiger partial charge in [-0.3, -0.25) is 24.3 Å². The standard InChI is InChI=1S/C17H15N3O4/c18-15(22)10-20-13-4-2-1-3-12(13)17(24,16(20)23)9-14(21)11-5-7-19-8-6-11/h1-8,24H,9-10H2,(H2,18,22)/t17-/m1/s1. The number of fused-ring (bicyclic) bond motifs is 1. The second-order valence-electron chi connectivity index (χ2n) is 5.57. The van der Waals surface area contributed by atoms with Crippen LogP contribution in [0.4, 0.5) is 5.69 Å². The minimum absolute atomic E-state index is 0.290. The van der Waals surface area contributed by atoms with Crippen molar-refractivity contribution in [2.75, 3.05) is 11.4 Å². The van der Waals surface area contributed by atoms with Gasteiger partial charge in [0, 0.05) is 23.5 Å². The molecule has 1 atom stereocenters. The number of anilines is 1. The van der Waals surface area contributed by atoms with Crippen molar-refractivity contribution < 1.29 is 19.5 Å². The normalized spacial score (nSPS) is 19.2. The fraction of sp³-hybridized carbons (Fsp3) is 0.176. The van der Waals surface area contributed by atoms with Crippen LogP contribution in [0.1, 0.15) is 22.3 Å². The number of primary amides is 1. The van der Waals surface area contributed by atoms with Crippen molar-refractivity contribution in [3.8, 4) is 0 Å². The number of para-hydroxylation sites is 1. The highest BCUT2D eigenvalue weighted by Crippen LogP contribution is 2.42. The van der Waals surface area contributed by atoms with Gasteiger partial charge in [0.15, 0.2) is 11.4 Å². The fourth-order valence-electron chi connectivity index (χ4n) is 2.86. The highest BCUT2D eigenvalue weighted by molar-refractivity contribution is 6.12. The minimum atomic E-state index is -2.02. The van der Waals surface area contributed by atoms with E-state index in [-0.39, 0.29) is 6.54 Å². The summed E-state index contributed by atoms with van der Waals surface area (Å²) in [6.45, 7) is -0.360. The number of carbonyl (C=O) groups is 3. The number of ketones is 1. The van der Waals surface area contributed by atoms with Gasteiger partial charge >= 0.3 is 0 Å². The molecule has 122 valence electrons. The van der Waals surface area contributed by atoms with Crippen LogP contribution in [-0.2, 0) is 15.2 Å². The molecule has 3 N–H and O–H groups in total. The largest absolute Gasteiger partial charge is 0.375 e. The Bertz CT molecular complexity index is 822. The van der Waals surface area contributed by atoms with Gasteiger partial charge in [-0.25, -0.2) is 0 Å². The Labute approximate surface area is 137 Å². The zero-order chi connectivity index (χ0) is 17.3. The number of pyridine rings is 1. The van der Waals surface area contributed by atoms with Crippen LogP contribution in [0.2, 0.25) is 0 Å². The van der Waals surface area contributed by atoms with E-state index < -0.39 is 29.6 Å². The summed E-state index contributed by atoms with van der Waals surface area (Å²) in [5, 5.41) is 10.9. The molecule has 0 saturated heterocycles. The summed E-state index contributed by atoms with van der Waals surface area (Å²) in [6.07, 6.45) is 2.49. The third-order valence-electron chi connectivity index (χ3n) is 3.97. The van der Waals surface area contributed by atoms with Gasteiger partial charge in [0.25, 0.3) is 5.91 Å². The van der Waals surface area contributed by atoms with Crippen LogP contribution in [0.5, 0.6) is 0 Å². The number of nitrogens with zero attached hydrogens (tertiary/aromatic N) is 2. The molecule has 0 unspecified atom stereocenters. The van der Waals surface area contributed by atoms with Crippen LogP contribution in [0.3, 0.4) is 0 Å². The first-order valence-corrected chi connectivity index (χ1v) is 7.29. The third kappa shape index (κ3) is 2.55. The molecule has 0 aliphatic carbocycles. The molecule has 0 spiro atoms. The number of aliphatic hydroxyl groups is 1. The van der Waals surface area contributed by atoms with Crippen LogP contribution in [0, 0.1) is 0 Å². The van der Waals surface area contributed by atoms with E-state index in [2.05, 4.69) is 4.98 Å². The summed E-state index contributed by atoms with van der Waals surface area (Å²) in [5.74, 6) is -1.84. The van der Waals surface area contributed by atoms with Crippen LogP contribution in [0.15, 0.2) is 48.8 Å². The van der Waals surface area contributed by atoms with Crippen LogP contribution >= 0.6 is 0 Å². The summed E-state index contributed by atoms with van der Waals surface area (Å²) >= 11 is 0. The second-order valence-corrected chi connectivity index (χ2v) is 5.57. The lowest BCUT2D eigenvalue weighted by atomic mass is 9.88. The first-order valence-electron chi connectivity index (χ1n) is 7.29. The monoisotopic (exact) mass is 325 g/mol. The predicted molar refractivity (Wildman–Crippen MR) is 85.1 cm³/mol. The molecular formula is C17H15N3O4. The molecule has 7 heteroatoms. The van der Waals surface area contributed by atoms with Gasteiger partial charge in [-0.15, -0.1) is 0 Å². The van der Waals surface area contributed by atoms with Crippen molar-refractivity contribution in [1.29, 1.82) is 0 Å². The highest BCUT2D eigenvalue weighted by atomic mass is 16.3. The molecule has 2 amide bonds. The average Bonchev–Trinajstić information content (AvgIpc) is 2.78. The van der Waals surface area contributed by atoms with Crippen LogP contribution < -0.4 is 10.6 Å². The maximum absolute atomic E-state index is 12.7. The molecule has 1 aliphatic rings. The Morgan fingerprint density at radius 3 is 2.50 bits per heavy atom. The van der Waals surface area contributed by atoms with E-state index in [0.717, 1.165) is 4.90 Å². The third-order valence-corrected chi connectivity index (χ3v) is 3.97. The van der Waals surface area contributed by atoms with E-state index in [1.165, 1.54) is 24.5 Å². The van der Waals surface area contributed by atoms with Crippen molar-refractivity contribution in [3.63, 3.8) is 0 Å². The lowest BCUT2D eigenvalue weighted by molar-refractivity contribution is -0.136. The van der Waals surface area contributed by atoms with Gasteiger partial charge in [-0.2, -0.15) is 0 Å². The minimum Gasteiger partial charge on any atom is -0.375 e. The van der Waals surface area contributed by atoms with E-state index in [4.69, 9.17) is 5.73 Å². The number of rotatable bonds is 5. The summed E-state index contributed by atoms with van der Waals surface area (Å²) < 4.78 is 0. The van der Waals surface area contributed by atoms with Crippen molar-refractivity contribution >= 4 is 23.3 Å². The van der Waals surface area contributed by atoms with Gasteiger partial charge < -0.3 is 10.8 Å². The Morgan fingerprint density at radius 2 is 1.83 bits per heavy atom. The van der Waals surface area contributed by atoms with Crippen molar-refractivity contribution in [1.82, 2.24) is 4.98 Å². The Balaban J connectivity index is 1.98. The van der Waals surface area contributed by atoms with E-state index in [1.807, 2.05) is 0 Å². The zero-order valence-electron chi connectivity index (χ0n) is 12.7. The number of carbonyl (C=O) groups excluding carboxylic acids is 3. The molecular weight excluding hydrogens is 310 g/mol. The second kappa shape index (κ2) is 5.86. The summed E-state index contributed by atoms with van der Waals surface area (Å²) in [6, 6.07) is 9.52. The van der Waals surface area contributed by atoms with Gasteiger partial charge in [0.1, 0.15) is 6.54 Å². The summed E-state index contributed by atoms with van der Waals surface area (Å²) in [5.41, 5.74) is 4.18. The fourth-order valence-corrected chi connectivity index (χ4v) is 2.86. The van der Waals surface area contributed by atoms with Crippen molar-refractivity contribution in [2.24, 2.45) is 5.73 Å². The maximum Gasteiger partial charge on any atom is 0.264 e. The quantitative estimate of drug-likeness (QED) is 0.771. The molecule has 7 nitrogen and oxygen atoms in total. The number of Topliss-reactive ketones (excluding diaryl/α,β-unsaturated/α-hetero) is 1. The SMILES string of the molecule is NC(=O)CN1C(=O)[C@@](O)(CC(=O)c2ccncc2)c2ccccc21. The van der Waals surface area contributed by atoms with Gasteiger partial charge in [-0.1, -0.05) is 18.2 Å². The number of nitrogens with two attached hydrogens (primary N) is 1. The van der Waals surface area contributed by atoms with Gasteiger partial charge in [0.2, 0.25) is 5.91 Å². The van der Waals surface area contributed by atoms with Crippen LogP contribution in [0.25, 0.3) is 0 Å². The first kappa shape index (κ1) is 15.8. The number of aromatic nitrogens is 1. The smallest absolute Gasteiger partial charge is 0.264 e. The summed E-state index contributed by atoms with van der Waals surface area (Å²) in [4.78, 5) is 41.3. The number of amides is 2. The highest BCUT2D eigenvalue weighted by Gasteiger charge is 2.51. The Morgan fingerprint density at radius 1 is 1.17 bits per heavy atom. The van der Waals surface area contributed by atoms with E-state index in [1.54, 1.807) is 24.3 Å². The Hall–Kier alpha value is -3.06. The molecule has 3 rings (SSSR count). The molecule has 2 heterocycles. The zero-order valence-corrected chi connectivity index (χ0v) is 12.7. The molecule has 0 fully saturated rings. The molecule has 1 aromatic heterocycles. The molecule has 0 bridgehead atoms. The summed E-state index contributed by atoms with van der Waals surface area (Å²) in [7, 11) is 0. The number of benzene rings is 1. The maximum atomic E-state index is 12.7. The van der Waals surface area contributed by atoms with Gasteiger partial charge in [-0.05, 0) is 18.2 Å². The predicted octanol–water partition coefficient (Wildman–Crippen LogP) is 0.374. The van der Waals surface area contributed by atoms with Gasteiger partial charge in [0.05, 0.1) is 12.1 Å². The molecule has 24 heavy (non-hydrogen) atoms. The lowest BCUT2D eigenvalue weighted by Crippen LogP contribution is -2.44. The van der Waals surface area contributed by atoms with E-state index in [0.29, 0.717) is 16.8 Å². The van der Waals surface area contributed by atoms with Crippen LogP contribution in [-0.4, -0.2) is 34.2 Å². The average molecular weight is 325 g/mol. The molecule has 0 radical (unpaired) electrons. The van der Waals surface area contributed by atoms with E-state index >= 15 is 0 Å². The molecule has 2 aromatic rings. The molecule has 0 saturated carbocycles. The Kier molecular flexibility index (Phi) is 3.86. The van der Waals surface area contributed by atoms with Crippen molar-refractivity contribution in [3.05, 3.63) is 59.9 Å².